The Morgan fingerprint density at radius 3 is 2.50 bits per heavy atom. The summed E-state index contributed by atoms with van der Waals surface area (Å²) >= 11 is 0. The number of nitrogens with two attached hydrogens (primary N) is 1. The van der Waals surface area contributed by atoms with Crippen molar-refractivity contribution in [1.82, 2.24) is 4.72 Å². The van der Waals surface area contributed by atoms with Gasteiger partial charge in [-0.25, -0.2) is 13.1 Å². The van der Waals surface area contributed by atoms with E-state index in [2.05, 4.69) is 4.72 Å². The Kier molecular flexibility index (Phi) is 5.01. The number of rotatable bonds is 5. The highest BCUT2D eigenvalue weighted by Gasteiger charge is 2.24. The normalized spacial score (nSPS) is 18.9. The van der Waals surface area contributed by atoms with Gasteiger partial charge in [-0.1, -0.05) is 12.1 Å². The number of ether oxygens (including phenoxy) is 1. The highest BCUT2D eigenvalue weighted by molar-refractivity contribution is 7.88. The Balaban J connectivity index is 1.94. The molecular formula is C14H22N2O3S. The van der Waals surface area contributed by atoms with Crippen LogP contribution in [0.3, 0.4) is 0 Å². The minimum Gasteiger partial charge on any atom is -0.399 e. The lowest BCUT2D eigenvalue weighted by Crippen LogP contribution is -2.40. The second kappa shape index (κ2) is 6.56. The van der Waals surface area contributed by atoms with Gasteiger partial charge in [-0.3, -0.25) is 0 Å². The molecule has 5 nitrogen and oxygen atoms in total. The smallest absolute Gasteiger partial charge is 0.216 e. The van der Waals surface area contributed by atoms with Gasteiger partial charge in [0, 0.05) is 24.9 Å². The van der Waals surface area contributed by atoms with Gasteiger partial charge in [-0.2, -0.15) is 0 Å². The minimum atomic E-state index is -3.33. The van der Waals surface area contributed by atoms with E-state index in [0.717, 1.165) is 18.4 Å². The lowest BCUT2D eigenvalue weighted by molar-refractivity contribution is 0.0585. The Morgan fingerprint density at radius 1 is 1.30 bits per heavy atom. The SMILES string of the molecule is CC(NS(=O)(=O)Cc1ccc(N)cc1)C1CCOCC1. The summed E-state index contributed by atoms with van der Waals surface area (Å²) in [5.74, 6) is 0.339. The molecule has 0 spiro atoms. The van der Waals surface area contributed by atoms with E-state index in [4.69, 9.17) is 10.5 Å². The largest absolute Gasteiger partial charge is 0.399 e. The molecule has 0 radical (unpaired) electrons. The van der Waals surface area contributed by atoms with Gasteiger partial charge >= 0.3 is 0 Å². The first-order chi connectivity index (χ1) is 9.46. The van der Waals surface area contributed by atoms with Crippen LogP contribution in [0.2, 0.25) is 0 Å². The molecule has 1 saturated heterocycles. The zero-order valence-corrected chi connectivity index (χ0v) is 12.5. The van der Waals surface area contributed by atoms with E-state index in [1.54, 1.807) is 24.3 Å². The maximum absolute atomic E-state index is 12.2. The monoisotopic (exact) mass is 298 g/mol. The van der Waals surface area contributed by atoms with Gasteiger partial charge in [0.05, 0.1) is 5.75 Å². The first-order valence-corrected chi connectivity index (χ1v) is 8.54. The number of hydrogen-bond donors (Lipinski definition) is 2. The average molecular weight is 298 g/mol. The van der Waals surface area contributed by atoms with Crippen molar-refractivity contribution in [2.45, 2.75) is 31.6 Å². The molecule has 0 amide bonds. The van der Waals surface area contributed by atoms with E-state index >= 15 is 0 Å². The molecule has 20 heavy (non-hydrogen) atoms. The summed E-state index contributed by atoms with van der Waals surface area (Å²) in [5, 5.41) is 0. The van der Waals surface area contributed by atoms with Crippen LogP contribution in [0.15, 0.2) is 24.3 Å². The maximum Gasteiger partial charge on any atom is 0.216 e. The van der Waals surface area contributed by atoms with Gasteiger partial charge in [0.25, 0.3) is 0 Å². The summed E-state index contributed by atoms with van der Waals surface area (Å²) in [4.78, 5) is 0. The molecule has 112 valence electrons. The second-order valence-corrected chi connectivity index (χ2v) is 7.11. The molecule has 1 aromatic carbocycles. The first-order valence-electron chi connectivity index (χ1n) is 6.88. The molecule has 0 aromatic heterocycles. The third kappa shape index (κ3) is 4.47. The summed E-state index contributed by atoms with van der Waals surface area (Å²) in [5.41, 5.74) is 6.97. The molecule has 3 N–H and O–H groups in total. The Bertz CT molecular complexity index is 522. The molecule has 6 heteroatoms. The van der Waals surface area contributed by atoms with Crippen molar-refractivity contribution in [2.24, 2.45) is 5.92 Å². The third-order valence-electron chi connectivity index (χ3n) is 3.67. The third-order valence-corrected chi connectivity index (χ3v) is 5.12. The van der Waals surface area contributed by atoms with Crippen LogP contribution < -0.4 is 10.5 Å². The molecule has 0 saturated carbocycles. The number of sulfonamides is 1. The maximum atomic E-state index is 12.2. The summed E-state index contributed by atoms with van der Waals surface area (Å²) in [6.45, 7) is 3.36. The highest BCUT2D eigenvalue weighted by atomic mass is 32.2. The number of anilines is 1. The van der Waals surface area contributed by atoms with Crippen LogP contribution in [0.4, 0.5) is 5.69 Å². The lowest BCUT2D eigenvalue weighted by Gasteiger charge is -2.28. The Labute approximate surface area is 120 Å². The van der Waals surface area contributed by atoms with Crippen molar-refractivity contribution < 1.29 is 13.2 Å². The fourth-order valence-electron chi connectivity index (χ4n) is 2.47. The summed E-state index contributed by atoms with van der Waals surface area (Å²) in [7, 11) is -3.33. The van der Waals surface area contributed by atoms with E-state index in [-0.39, 0.29) is 11.8 Å². The van der Waals surface area contributed by atoms with Crippen LogP contribution in [0.5, 0.6) is 0 Å². The van der Waals surface area contributed by atoms with Gasteiger partial charge < -0.3 is 10.5 Å². The molecule has 1 unspecified atom stereocenters. The topological polar surface area (TPSA) is 81.4 Å². The lowest BCUT2D eigenvalue weighted by atomic mass is 9.94. The number of benzene rings is 1. The summed E-state index contributed by atoms with van der Waals surface area (Å²) in [6.07, 6.45) is 1.82. The molecule has 0 bridgehead atoms. The van der Waals surface area contributed by atoms with Crippen molar-refractivity contribution in [3.63, 3.8) is 0 Å². The molecule has 1 heterocycles. The van der Waals surface area contributed by atoms with Gasteiger partial charge in [0.1, 0.15) is 0 Å². The van der Waals surface area contributed by atoms with E-state index in [1.807, 2.05) is 6.92 Å². The van der Waals surface area contributed by atoms with E-state index in [9.17, 15) is 8.42 Å². The number of nitrogen functional groups attached to an aromatic ring is 1. The quantitative estimate of drug-likeness (QED) is 0.807. The first kappa shape index (κ1) is 15.3. The molecule has 1 atom stereocenters. The van der Waals surface area contributed by atoms with E-state index in [0.29, 0.717) is 24.8 Å². The number of hydrogen-bond acceptors (Lipinski definition) is 4. The molecule has 1 aliphatic heterocycles. The molecule has 1 aliphatic rings. The highest BCUT2D eigenvalue weighted by Crippen LogP contribution is 2.19. The predicted octanol–water partition coefficient (Wildman–Crippen LogP) is 1.50. The summed E-state index contributed by atoms with van der Waals surface area (Å²) < 4.78 is 32.4. The van der Waals surface area contributed by atoms with Crippen LogP contribution in [-0.2, 0) is 20.5 Å². The van der Waals surface area contributed by atoms with Crippen molar-refractivity contribution >= 4 is 15.7 Å². The minimum absolute atomic E-state index is 0.0131. The van der Waals surface area contributed by atoms with Gasteiger partial charge in [-0.15, -0.1) is 0 Å². The Hall–Kier alpha value is -1.11. The predicted molar refractivity (Wildman–Crippen MR) is 79.6 cm³/mol. The van der Waals surface area contributed by atoms with Crippen LogP contribution in [0.25, 0.3) is 0 Å². The zero-order chi connectivity index (χ0) is 14.6. The van der Waals surface area contributed by atoms with E-state index < -0.39 is 10.0 Å². The average Bonchev–Trinajstić information content (AvgIpc) is 2.41. The second-order valence-electron chi connectivity index (χ2n) is 5.36. The van der Waals surface area contributed by atoms with Crippen LogP contribution in [0, 0.1) is 5.92 Å². The van der Waals surface area contributed by atoms with Gasteiger partial charge in [0.2, 0.25) is 10.0 Å². The zero-order valence-electron chi connectivity index (χ0n) is 11.7. The fourth-order valence-corrected chi connectivity index (χ4v) is 3.94. The van der Waals surface area contributed by atoms with Crippen molar-refractivity contribution in [3.05, 3.63) is 29.8 Å². The Morgan fingerprint density at radius 2 is 1.90 bits per heavy atom. The van der Waals surface area contributed by atoms with Crippen molar-refractivity contribution in [3.8, 4) is 0 Å². The molecule has 2 rings (SSSR count). The van der Waals surface area contributed by atoms with Crippen LogP contribution >= 0.6 is 0 Å². The van der Waals surface area contributed by atoms with Gasteiger partial charge in [0.15, 0.2) is 0 Å². The molecule has 0 aliphatic carbocycles. The van der Waals surface area contributed by atoms with Crippen molar-refractivity contribution in [1.29, 1.82) is 0 Å². The van der Waals surface area contributed by atoms with Gasteiger partial charge in [-0.05, 0) is 43.4 Å². The van der Waals surface area contributed by atoms with Crippen LogP contribution in [0.1, 0.15) is 25.3 Å². The molecule has 1 aromatic rings. The molecule has 1 fully saturated rings. The summed E-state index contributed by atoms with van der Waals surface area (Å²) in [6, 6.07) is 6.86. The van der Waals surface area contributed by atoms with Crippen LogP contribution in [-0.4, -0.2) is 27.7 Å². The number of nitrogens with one attached hydrogen (secondary N) is 1. The fraction of sp³-hybridized carbons (Fsp3) is 0.571. The molecular weight excluding hydrogens is 276 g/mol. The standard InChI is InChI=1S/C14H22N2O3S/c1-11(13-6-8-19-9-7-13)16-20(17,18)10-12-2-4-14(15)5-3-12/h2-5,11,13,16H,6-10,15H2,1H3. The van der Waals surface area contributed by atoms with E-state index in [1.165, 1.54) is 0 Å². The van der Waals surface area contributed by atoms with Crippen molar-refractivity contribution in [2.75, 3.05) is 18.9 Å².